The number of ether oxygens (including phenoxy) is 3. The van der Waals surface area contributed by atoms with Crippen LogP contribution in [0.4, 0.5) is 10.3 Å². The number of benzene rings is 1. The molecule has 0 spiro atoms. The molecule has 37 heavy (non-hydrogen) atoms. The number of anilines is 1. The Kier molecular flexibility index (Phi) is 7.38. The van der Waals surface area contributed by atoms with Crippen LogP contribution in [-0.2, 0) is 14.8 Å². The van der Waals surface area contributed by atoms with E-state index in [4.69, 9.17) is 14.2 Å². The summed E-state index contributed by atoms with van der Waals surface area (Å²) >= 11 is 0. The highest BCUT2D eigenvalue weighted by Gasteiger charge is 2.38. The maximum absolute atomic E-state index is 13.5. The SMILES string of the molecule is COc1cccc(OC)c1-n1c(NS(=O)(=O)[C@@H](C)[C@H](C)c2ncc(F)cn2)nnc1[C@@H]1CCC(C)(C)O1. The van der Waals surface area contributed by atoms with E-state index in [0.717, 1.165) is 18.8 Å². The smallest absolute Gasteiger partial charge is 0.243 e. The van der Waals surface area contributed by atoms with Gasteiger partial charge in [0.25, 0.3) is 0 Å². The van der Waals surface area contributed by atoms with Crippen LogP contribution in [0.15, 0.2) is 30.6 Å². The Bertz CT molecular complexity index is 1340. The normalized spacial score (nSPS) is 18.8. The lowest BCUT2D eigenvalue weighted by Crippen LogP contribution is -2.31. The summed E-state index contributed by atoms with van der Waals surface area (Å²) in [4.78, 5) is 7.88. The van der Waals surface area contributed by atoms with Crippen LogP contribution in [-0.4, -0.2) is 58.2 Å². The molecule has 3 atom stereocenters. The number of sulfonamides is 1. The predicted molar refractivity (Wildman–Crippen MR) is 134 cm³/mol. The third-order valence-electron chi connectivity index (χ3n) is 6.55. The molecular weight excluding hydrogens is 503 g/mol. The van der Waals surface area contributed by atoms with Crippen molar-refractivity contribution in [1.29, 1.82) is 0 Å². The van der Waals surface area contributed by atoms with Gasteiger partial charge in [-0.3, -0.25) is 9.29 Å². The van der Waals surface area contributed by atoms with Gasteiger partial charge >= 0.3 is 0 Å². The average molecular weight is 535 g/mol. The number of hydrogen-bond acceptors (Lipinski definition) is 9. The predicted octanol–water partition coefficient (Wildman–Crippen LogP) is 3.78. The summed E-state index contributed by atoms with van der Waals surface area (Å²) in [5, 5.41) is 7.54. The van der Waals surface area contributed by atoms with Gasteiger partial charge in [0.05, 0.1) is 37.5 Å². The van der Waals surface area contributed by atoms with E-state index in [1.54, 1.807) is 29.7 Å². The van der Waals surface area contributed by atoms with E-state index in [9.17, 15) is 12.8 Å². The minimum absolute atomic E-state index is 0.0508. The fraction of sp³-hybridized carbons (Fsp3) is 0.500. The minimum atomic E-state index is -4.04. The molecule has 1 aromatic carbocycles. The molecule has 0 saturated carbocycles. The van der Waals surface area contributed by atoms with Crippen LogP contribution in [0.25, 0.3) is 5.69 Å². The van der Waals surface area contributed by atoms with E-state index in [2.05, 4.69) is 24.9 Å². The van der Waals surface area contributed by atoms with Crippen molar-refractivity contribution in [3.63, 3.8) is 0 Å². The third-order valence-corrected chi connectivity index (χ3v) is 8.40. The molecule has 0 bridgehead atoms. The zero-order chi connectivity index (χ0) is 27.0. The molecule has 2 aromatic heterocycles. The molecule has 0 aliphatic carbocycles. The first-order valence-electron chi connectivity index (χ1n) is 11.8. The molecule has 1 N–H and O–H groups in total. The Hall–Kier alpha value is -3.32. The highest BCUT2D eigenvalue weighted by atomic mass is 32.2. The second-order valence-corrected chi connectivity index (χ2v) is 11.6. The number of aromatic nitrogens is 5. The van der Waals surface area contributed by atoms with Gasteiger partial charge in [0, 0.05) is 5.92 Å². The van der Waals surface area contributed by atoms with E-state index < -0.39 is 33.1 Å². The number of nitrogens with one attached hydrogen (secondary N) is 1. The van der Waals surface area contributed by atoms with Crippen molar-refractivity contribution in [3.8, 4) is 17.2 Å². The highest BCUT2D eigenvalue weighted by Crippen LogP contribution is 2.42. The lowest BCUT2D eigenvalue weighted by molar-refractivity contribution is -0.0207. The van der Waals surface area contributed by atoms with Gasteiger partial charge in [-0.05, 0) is 45.7 Å². The van der Waals surface area contributed by atoms with Crippen LogP contribution in [0.1, 0.15) is 64.2 Å². The molecule has 1 aliphatic heterocycles. The lowest BCUT2D eigenvalue weighted by Gasteiger charge is -2.23. The van der Waals surface area contributed by atoms with Crippen molar-refractivity contribution < 1.29 is 27.0 Å². The first-order chi connectivity index (χ1) is 17.5. The van der Waals surface area contributed by atoms with Crippen molar-refractivity contribution in [2.24, 2.45) is 0 Å². The Balaban J connectivity index is 1.78. The maximum atomic E-state index is 13.5. The Morgan fingerprint density at radius 1 is 1.14 bits per heavy atom. The number of methoxy groups -OCH3 is 2. The van der Waals surface area contributed by atoms with Gasteiger partial charge in [-0.15, -0.1) is 10.2 Å². The summed E-state index contributed by atoms with van der Waals surface area (Å²) in [6.07, 6.45) is 3.04. The maximum Gasteiger partial charge on any atom is 0.243 e. The quantitative estimate of drug-likeness (QED) is 0.436. The monoisotopic (exact) mass is 534 g/mol. The molecule has 3 aromatic rings. The van der Waals surface area contributed by atoms with Crippen LogP contribution in [0.5, 0.6) is 11.5 Å². The van der Waals surface area contributed by atoms with Crippen molar-refractivity contribution >= 4 is 16.0 Å². The van der Waals surface area contributed by atoms with E-state index in [1.807, 2.05) is 13.8 Å². The number of rotatable bonds is 9. The molecule has 13 heteroatoms. The lowest BCUT2D eigenvalue weighted by atomic mass is 10.1. The summed E-state index contributed by atoms with van der Waals surface area (Å²) in [7, 11) is -1.03. The van der Waals surface area contributed by atoms with Gasteiger partial charge < -0.3 is 14.2 Å². The zero-order valence-electron chi connectivity index (χ0n) is 21.6. The Labute approximate surface area is 215 Å². The Morgan fingerprint density at radius 2 is 1.76 bits per heavy atom. The van der Waals surface area contributed by atoms with E-state index in [0.29, 0.717) is 29.4 Å². The molecule has 0 unspecified atom stereocenters. The number of nitrogens with zero attached hydrogens (tertiary/aromatic N) is 5. The van der Waals surface area contributed by atoms with Gasteiger partial charge in [-0.25, -0.2) is 22.8 Å². The summed E-state index contributed by atoms with van der Waals surface area (Å²) < 4.78 is 61.8. The van der Waals surface area contributed by atoms with Crippen molar-refractivity contribution in [1.82, 2.24) is 24.7 Å². The molecule has 1 fully saturated rings. The molecule has 0 radical (unpaired) electrons. The number of halogens is 1. The van der Waals surface area contributed by atoms with Crippen LogP contribution >= 0.6 is 0 Å². The van der Waals surface area contributed by atoms with E-state index in [1.165, 1.54) is 21.1 Å². The second-order valence-electron chi connectivity index (χ2n) is 9.53. The molecule has 11 nitrogen and oxygen atoms in total. The average Bonchev–Trinajstić information content (AvgIpc) is 3.44. The highest BCUT2D eigenvalue weighted by molar-refractivity contribution is 7.93. The van der Waals surface area contributed by atoms with E-state index in [-0.39, 0.29) is 17.4 Å². The molecule has 200 valence electrons. The first-order valence-corrected chi connectivity index (χ1v) is 13.4. The zero-order valence-corrected chi connectivity index (χ0v) is 22.4. The van der Waals surface area contributed by atoms with Gasteiger partial charge in [0.15, 0.2) is 11.6 Å². The van der Waals surface area contributed by atoms with Gasteiger partial charge in [-0.2, -0.15) is 0 Å². The van der Waals surface area contributed by atoms with Crippen LogP contribution < -0.4 is 14.2 Å². The third kappa shape index (κ3) is 5.37. The van der Waals surface area contributed by atoms with Gasteiger partial charge in [0.2, 0.25) is 16.0 Å². The van der Waals surface area contributed by atoms with E-state index >= 15 is 0 Å². The largest absolute Gasteiger partial charge is 0.494 e. The molecule has 1 aliphatic rings. The van der Waals surface area contributed by atoms with Crippen LogP contribution in [0.2, 0.25) is 0 Å². The van der Waals surface area contributed by atoms with Crippen molar-refractivity contribution in [2.45, 2.75) is 63.4 Å². The summed E-state index contributed by atoms with van der Waals surface area (Å²) in [6, 6.07) is 5.22. The molecule has 1 saturated heterocycles. The topological polar surface area (TPSA) is 130 Å². The summed E-state index contributed by atoms with van der Waals surface area (Å²) in [6.45, 7) is 7.15. The Morgan fingerprint density at radius 3 is 2.30 bits per heavy atom. The fourth-order valence-corrected chi connectivity index (χ4v) is 5.49. The summed E-state index contributed by atoms with van der Waals surface area (Å²) in [5.74, 6) is 0.175. The van der Waals surface area contributed by atoms with Gasteiger partial charge in [0.1, 0.15) is 29.1 Å². The minimum Gasteiger partial charge on any atom is -0.494 e. The van der Waals surface area contributed by atoms with Crippen molar-refractivity contribution in [3.05, 3.63) is 48.1 Å². The molecule has 4 rings (SSSR count). The molecule has 3 heterocycles. The molecule has 0 amide bonds. The number of hydrogen-bond donors (Lipinski definition) is 1. The summed E-state index contributed by atoms with van der Waals surface area (Å²) in [5.41, 5.74) is 0.0616. The first kappa shape index (κ1) is 26.7. The van der Waals surface area contributed by atoms with Crippen molar-refractivity contribution in [2.75, 3.05) is 18.9 Å². The molecular formula is C24H31FN6O5S. The standard InChI is InChI=1S/C24H31FN6O5S/c1-14(21-26-12-16(25)13-27-21)15(2)37(32,33)30-23-29-28-22(19-10-11-24(3,4)36-19)31(23)20-17(34-5)8-7-9-18(20)35-6/h7-9,12-15,19H,10-11H2,1-6H3,(H,29,30)/t14-,15-,19-/m0/s1. The van der Waals surface area contributed by atoms with Gasteiger partial charge in [-0.1, -0.05) is 13.0 Å². The second kappa shape index (κ2) is 10.2. The van der Waals surface area contributed by atoms with Crippen LogP contribution in [0, 0.1) is 5.82 Å². The van der Waals surface area contributed by atoms with Crippen LogP contribution in [0.3, 0.4) is 0 Å². The number of para-hydroxylation sites is 1. The fourth-order valence-electron chi connectivity index (χ4n) is 4.26.